The van der Waals surface area contributed by atoms with E-state index < -0.39 is 0 Å². The summed E-state index contributed by atoms with van der Waals surface area (Å²) in [5, 5.41) is 14.6. The van der Waals surface area contributed by atoms with Gasteiger partial charge in [-0.05, 0) is 31.8 Å². The van der Waals surface area contributed by atoms with E-state index in [1.807, 2.05) is 0 Å². The molecule has 0 aromatic heterocycles. The normalized spacial score (nSPS) is 18.1. The van der Waals surface area contributed by atoms with Gasteiger partial charge in [-0.15, -0.1) is 0 Å². The summed E-state index contributed by atoms with van der Waals surface area (Å²) >= 11 is 0. The van der Waals surface area contributed by atoms with Gasteiger partial charge in [-0.2, -0.15) is 0 Å². The van der Waals surface area contributed by atoms with Crippen molar-refractivity contribution in [1.82, 2.24) is 5.32 Å². The first-order chi connectivity index (χ1) is 6.83. The fourth-order valence-electron chi connectivity index (χ4n) is 1.66. The molecule has 0 atom stereocenters. The molecule has 1 saturated carbocycles. The molecular weight excluding hydrogens is 178 g/mol. The highest BCUT2D eigenvalue weighted by molar-refractivity contribution is 5.79. The zero-order valence-electron chi connectivity index (χ0n) is 8.71. The van der Waals surface area contributed by atoms with Crippen molar-refractivity contribution in [3.05, 3.63) is 0 Å². The smallest absolute Gasteiger partial charge is 0.139 e. The van der Waals surface area contributed by atoms with E-state index in [0.29, 0.717) is 12.3 Å². The molecule has 1 fully saturated rings. The molecule has 0 spiro atoms. The number of rotatable bonds is 7. The number of hydrogen-bond donors (Lipinski definition) is 3. The minimum absolute atomic E-state index is 0.325. The third kappa shape index (κ3) is 4.46. The lowest BCUT2D eigenvalue weighted by molar-refractivity contribution is 0.292. The Bertz CT molecular complexity index is 178. The Labute approximate surface area is 85.6 Å². The van der Waals surface area contributed by atoms with Crippen LogP contribution in [0.3, 0.4) is 0 Å². The highest BCUT2D eigenvalue weighted by Gasteiger charge is 2.15. The number of amidine groups is 1. The van der Waals surface area contributed by atoms with Gasteiger partial charge in [0.1, 0.15) is 5.84 Å². The summed E-state index contributed by atoms with van der Waals surface area (Å²) in [5.41, 5.74) is 5.34. The average Bonchev–Trinajstić information content (AvgIpc) is 2.13. The van der Waals surface area contributed by atoms with Gasteiger partial charge in [-0.25, -0.2) is 0 Å². The van der Waals surface area contributed by atoms with E-state index >= 15 is 0 Å². The summed E-state index contributed by atoms with van der Waals surface area (Å²) in [4.78, 5) is 0. The zero-order chi connectivity index (χ0) is 10.2. The molecule has 0 aromatic rings. The maximum absolute atomic E-state index is 8.29. The molecule has 0 bridgehead atoms. The number of nitrogens with two attached hydrogens (primary N) is 1. The summed E-state index contributed by atoms with van der Waals surface area (Å²) in [6.07, 6.45) is 7.20. The Morgan fingerprint density at radius 2 is 2.21 bits per heavy atom. The van der Waals surface area contributed by atoms with Crippen molar-refractivity contribution < 1.29 is 5.21 Å². The van der Waals surface area contributed by atoms with Gasteiger partial charge in [0.05, 0.1) is 0 Å². The second kappa shape index (κ2) is 6.65. The van der Waals surface area contributed by atoms with Crippen LogP contribution >= 0.6 is 0 Å². The molecule has 4 nitrogen and oxygen atoms in total. The molecule has 1 aliphatic rings. The van der Waals surface area contributed by atoms with Crippen molar-refractivity contribution in [2.75, 3.05) is 13.1 Å². The Balaban J connectivity index is 1.79. The molecule has 0 radical (unpaired) electrons. The van der Waals surface area contributed by atoms with Crippen LogP contribution in [0.15, 0.2) is 5.16 Å². The predicted octanol–water partition coefficient (Wildman–Crippen LogP) is 1.29. The Kier molecular flexibility index (Phi) is 5.37. The van der Waals surface area contributed by atoms with Gasteiger partial charge in [0.25, 0.3) is 0 Å². The molecule has 14 heavy (non-hydrogen) atoms. The standard InChI is InChI=1S/C10H21N3O/c11-10(13-14)5-2-7-12-8-6-9-3-1-4-9/h9,12,14H,1-8H2,(H2,11,13). The van der Waals surface area contributed by atoms with Gasteiger partial charge in [-0.3, -0.25) is 0 Å². The quantitative estimate of drug-likeness (QED) is 0.190. The van der Waals surface area contributed by atoms with Crippen LogP contribution in [0.5, 0.6) is 0 Å². The second-order valence-corrected chi connectivity index (χ2v) is 4.03. The third-order valence-electron chi connectivity index (χ3n) is 2.87. The first-order valence-corrected chi connectivity index (χ1v) is 5.50. The second-order valence-electron chi connectivity index (χ2n) is 4.03. The number of hydrogen-bond acceptors (Lipinski definition) is 3. The van der Waals surface area contributed by atoms with E-state index in [-0.39, 0.29) is 0 Å². The SMILES string of the molecule is NC(CCCNCCC1CCC1)=NO. The van der Waals surface area contributed by atoms with Gasteiger partial charge < -0.3 is 16.3 Å². The monoisotopic (exact) mass is 199 g/mol. The molecule has 4 heteroatoms. The van der Waals surface area contributed by atoms with Gasteiger partial charge in [0, 0.05) is 6.42 Å². The maximum Gasteiger partial charge on any atom is 0.139 e. The van der Waals surface area contributed by atoms with Gasteiger partial charge in [0.15, 0.2) is 0 Å². The minimum Gasteiger partial charge on any atom is -0.409 e. The molecule has 4 N–H and O–H groups in total. The Hall–Kier alpha value is -0.770. The summed E-state index contributed by atoms with van der Waals surface area (Å²) in [5.74, 6) is 1.30. The lowest BCUT2D eigenvalue weighted by Gasteiger charge is -2.25. The average molecular weight is 199 g/mol. The first kappa shape index (κ1) is 11.3. The largest absolute Gasteiger partial charge is 0.409 e. The molecule has 0 aliphatic heterocycles. The van der Waals surface area contributed by atoms with Crippen molar-refractivity contribution in [1.29, 1.82) is 0 Å². The molecule has 0 aromatic carbocycles. The van der Waals surface area contributed by atoms with E-state index in [1.54, 1.807) is 0 Å². The summed E-state index contributed by atoms with van der Waals surface area (Å²) in [6.45, 7) is 2.07. The number of nitrogens with zero attached hydrogens (tertiary/aromatic N) is 1. The summed E-state index contributed by atoms with van der Waals surface area (Å²) in [7, 11) is 0. The minimum atomic E-state index is 0.325. The summed E-state index contributed by atoms with van der Waals surface area (Å²) in [6, 6.07) is 0. The maximum atomic E-state index is 8.29. The number of nitrogens with one attached hydrogen (secondary N) is 1. The lowest BCUT2D eigenvalue weighted by atomic mass is 9.83. The first-order valence-electron chi connectivity index (χ1n) is 5.50. The van der Waals surface area contributed by atoms with Crippen LogP contribution in [0.25, 0.3) is 0 Å². The molecule has 0 heterocycles. The molecule has 1 rings (SSSR count). The van der Waals surface area contributed by atoms with Crippen LogP contribution in [0, 0.1) is 5.92 Å². The van der Waals surface area contributed by atoms with Crippen LogP contribution in [0.1, 0.15) is 38.5 Å². The van der Waals surface area contributed by atoms with Crippen molar-refractivity contribution in [3.63, 3.8) is 0 Å². The molecule has 0 amide bonds. The molecule has 0 saturated heterocycles. The highest BCUT2D eigenvalue weighted by Crippen LogP contribution is 2.28. The van der Waals surface area contributed by atoms with E-state index in [9.17, 15) is 0 Å². The molecule has 82 valence electrons. The highest BCUT2D eigenvalue weighted by atomic mass is 16.4. The fraction of sp³-hybridized carbons (Fsp3) is 0.900. The number of oxime groups is 1. The zero-order valence-corrected chi connectivity index (χ0v) is 8.71. The van der Waals surface area contributed by atoms with Gasteiger partial charge in [-0.1, -0.05) is 24.4 Å². The topological polar surface area (TPSA) is 70.6 Å². The Morgan fingerprint density at radius 3 is 2.79 bits per heavy atom. The van der Waals surface area contributed by atoms with Crippen LogP contribution in [0.4, 0.5) is 0 Å². The fourth-order valence-corrected chi connectivity index (χ4v) is 1.66. The van der Waals surface area contributed by atoms with E-state index in [2.05, 4.69) is 10.5 Å². The van der Waals surface area contributed by atoms with E-state index in [0.717, 1.165) is 25.4 Å². The van der Waals surface area contributed by atoms with Crippen LogP contribution in [0.2, 0.25) is 0 Å². The lowest BCUT2D eigenvalue weighted by Crippen LogP contribution is -2.23. The molecular formula is C10H21N3O. The van der Waals surface area contributed by atoms with E-state index in [1.165, 1.54) is 25.7 Å². The Morgan fingerprint density at radius 1 is 1.43 bits per heavy atom. The van der Waals surface area contributed by atoms with E-state index in [4.69, 9.17) is 10.9 Å². The van der Waals surface area contributed by atoms with Crippen molar-refractivity contribution >= 4 is 5.84 Å². The van der Waals surface area contributed by atoms with Crippen molar-refractivity contribution in [2.45, 2.75) is 38.5 Å². The molecule has 1 aliphatic carbocycles. The summed E-state index contributed by atoms with van der Waals surface area (Å²) < 4.78 is 0. The predicted molar refractivity (Wildman–Crippen MR) is 57.5 cm³/mol. The van der Waals surface area contributed by atoms with Crippen LogP contribution in [-0.4, -0.2) is 24.1 Å². The van der Waals surface area contributed by atoms with Crippen molar-refractivity contribution in [3.8, 4) is 0 Å². The van der Waals surface area contributed by atoms with Crippen LogP contribution < -0.4 is 11.1 Å². The molecule has 0 unspecified atom stereocenters. The van der Waals surface area contributed by atoms with Gasteiger partial charge >= 0.3 is 0 Å². The van der Waals surface area contributed by atoms with Crippen molar-refractivity contribution in [2.24, 2.45) is 16.8 Å². The van der Waals surface area contributed by atoms with Crippen LogP contribution in [-0.2, 0) is 0 Å². The third-order valence-corrected chi connectivity index (χ3v) is 2.87. The van der Waals surface area contributed by atoms with Gasteiger partial charge in [0.2, 0.25) is 0 Å².